The Morgan fingerprint density at radius 2 is 1.10 bits per heavy atom. The van der Waals surface area contributed by atoms with Crippen LogP contribution in [0.1, 0.15) is 44.1 Å². The highest BCUT2D eigenvalue weighted by molar-refractivity contribution is 8.00. The Hall–Kier alpha value is -0.890. The molecule has 0 aromatic heterocycles. The topological polar surface area (TPSA) is 18.5 Å². The first kappa shape index (κ1) is 35.3. The standard InChI is InChI=1S/C25H26Cl2F8O2S3/c26-17-12-19(28)21(36-7-3-1-5-9-39-24(30,31)32)11-16(17)15-38-23-14-22(20(29)13-18(23)27)37-8-4-2-6-10-40-25(33,34)35/h11-14H,1-10,15H2. The van der Waals surface area contributed by atoms with Crippen LogP contribution in [0.5, 0.6) is 11.5 Å². The molecule has 0 saturated carbocycles. The molecule has 40 heavy (non-hydrogen) atoms. The Morgan fingerprint density at radius 1 is 0.625 bits per heavy atom. The van der Waals surface area contributed by atoms with E-state index >= 15 is 0 Å². The number of alkyl halides is 6. The van der Waals surface area contributed by atoms with Crippen molar-refractivity contribution in [2.45, 2.75) is 60.2 Å². The first-order valence-electron chi connectivity index (χ1n) is 12.0. The molecule has 0 aliphatic heterocycles. The number of hydrogen-bond donors (Lipinski definition) is 0. The van der Waals surface area contributed by atoms with E-state index in [4.69, 9.17) is 32.7 Å². The summed E-state index contributed by atoms with van der Waals surface area (Å²) in [5.41, 5.74) is -7.99. The van der Waals surface area contributed by atoms with Crippen LogP contribution < -0.4 is 9.47 Å². The molecular formula is C25H26Cl2F8O2S3. The molecule has 0 spiro atoms. The van der Waals surface area contributed by atoms with Crippen molar-refractivity contribution in [1.82, 2.24) is 0 Å². The second-order valence-electron chi connectivity index (χ2n) is 8.28. The lowest BCUT2D eigenvalue weighted by Gasteiger charge is -2.13. The number of thioether (sulfide) groups is 3. The van der Waals surface area contributed by atoms with Crippen molar-refractivity contribution in [3.63, 3.8) is 0 Å². The predicted octanol–water partition coefficient (Wildman–Crippen LogP) is 11.2. The Kier molecular flexibility index (Phi) is 15.3. The molecule has 226 valence electrons. The van der Waals surface area contributed by atoms with Gasteiger partial charge in [0.1, 0.15) is 0 Å². The summed E-state index contributed by atoms with van der Waals surface area (Å²) in [5, 5.41) is 0.261. The van der Waals surface area contributed by atoms with E-state index in [-0.39, 0.29) is 75.5 Å². The molecule has 0 radical (unpaired) electrons. The van der Waals surface area contributed by atoms with Gasteiger partial charge in [0.2, 0.25) is 0 Å². The first-order chi connectivity index (χ1) is 18.7. The predicted molar refractivity (Wildman–Crippen MR) is 148 cm³/mol. The van der Waals surface area contributed by atoms with Gasteiger partial charge in [-0.25, -0.2) is 8.78 Å². The van der Waals surface area contributed by atoms with Gasteiger partial charge in [0.25, 0.3) is 0 Å². The molecule has 0 fully saturated rings. The van der Waals surface area contributed by atoms with Crippen LogP contribution in [-0.4, -0.2) is 35.7 Å². The van der Waals surface area contributed by atoms with E-state index in [1.807, 2.05) is 0 Å². The molecule has 0 aliphatic carbocycles. The van der Waals surface area contributed by atoms with E-state index in [0.717, 1.165) is 12.1 Å². The third-order valence-electron chi connectivity index (χ3n) is 5.09. The number of hydrogen-bond acceptors (Lipinski definition) is 5. The van der Waals surface area contributed by atoms with Crippen LogP contribution in [0, 0.1) is 11.6 Å². The number of ether oxygens (including phenoxy) is 2. The molecule has 2 nitrogen and oxygen atoms in total. The van der Waals surface area contributed by atoms with E-state index in [1.54, 1.807) is 0 Å². The zero-order chi connectivity index (χ0) is 29.8. The van der Waals surface area contributed by atoms with Crippen LogP contribution in [-0.2, 0) is 5.75 Å². The quantitative estimate of drug-likeness (QED) is 0.0940. The highest BCUT2D eigenvalue weighted by atomic mass is 35.5. The molecule has 2 aromatic carbocycles. The summed E-state index contributed by atoms with van der Waals surface area (Å²) in [6.45, 7) is 0.235. The van der Waals surface area contributed by atoms with E-state index in [1.165, 1.54) is 23.9 Å². The summed E-state index contributed by atoms with van der Waals surface area (Å²) in [4.78, 5) is 0.472. The Balaban J connectivity index is 1.86. The van der Waals surface area contributed by atoms with E-state index in [2.05, 4.69) is 0 Å². The van der Waals surface area contributed by atoms with Crippen molar-refractivity contribution < 1.29 is 44.6 Å². The van der Waals surface area contributed by atoms with Gasteiger partial charge >= 0.3 is 11.0 Å². The Labute approximate surface area is 250 Å². The molecule has 0 saturated heterocycles. The minimum atomic E-state index is -4.26. The molecule has 0 N–H and O–H groups in total. The number of benzene rings is 2. The highest BCUT2D eigenvalue weighted by Gasteiger charge is 2.27. The molecule has 0 heterocycles. The summed E-state index contributed by atoms with van der Waals surface area (Å²) >= 11 is 13.4. The maximum absolute atomic E-state index is 14.3. The summed E-state index contributed by atoms with van der Waals surface area (Å²) in [6, 6.07) is 5.03. The maximum Gasteiger partial charge on any atom is 0.441 e. The third-order valence-corrected chi connectivity index (χ3v) is 8.62. The largest absolute Gasteiger partial charge is 0.491 e. The van der Waals surface area contributed by atoms with Gasteiger partial charge in [-0.05, 0) is 68.4 Å². The summed E-state index contributed by atoms with van der Waals surface area (Å²) in [6.07, 6.45) is 2.58. The molecule has 0 aliphatic rings. The summed E-state index contributed by atoms with van der Waals surface area (Å²) in [7, 11) is 0. The smallest absolute Gasteiger partial charge is 0.441 e. The van der Waals surface area contributed by atoms with Gasteiger partial charge in [0, 0.05) is 27.2 Å². The van der Waals surface area contributed by atoms with Crippen molar-refractivity contribution >= 4 is 58.5 Å². The monoisotopic (exact) mass is 676 g/mol. The van der Waals surface area contributed by atoms with Crippen LogP contribution >= 0.6 is 58.5 Å². The lowest BCUT2D eigenvalue weighted by Crippen LogP contribution is -2.03. The summed E-state index contributed by atoms with van der Waals surface area (Å²) in [5.74, 6) is -1.35. The van der Waals surface area contributed by atoms with Crippen molar-refractivity contribution in [3.05, 3.63) is 51.5 Å². The number of halogens is 10. The minimum Gasteiger partial charge on any atom is -0.491 e. The number of unbranched alkanes of at least 4 members (excludes halogenated alkanes) is 4. The fourth-order valence-electron chi connectivity index (χ4n) is 3.18. The number of rotatable bonds is 17. The van der Waals surface area contributed by atoms with Gasteiger partial charge in [0.05, 0.1) is 18.2 Å². The molecule has 2 aromatic rings. The second kappa shape index (κ2) is 17.3. The molecule has 0 amide bonds. The van der Waals surface area contributed by atoms with Gasteiger partial charge in [0.15, 0.2) is 23.1 Å². The van der Waals surface area contributed by atoms with Crippen LogP contribution in [0.15, 0.2) is 29.2 Å². The van der Waals surface area contributed by atoms with Gasteiger partial charge < -0.3 is 9.47 Å². The fourth-order valence-corrected chi connectivity index (χ4v) is 5.89. The van der Waals surface area contributed by atoms with Crippen molar-refractivity contribution in [2.75, 3.05) is 24.7 Å². The molecule has 15 heteroatoms. The average molecular weight is 678 g/mol. The molecular weight excluding hydrogens is 651 g/mol. The third kappa shape index (κ3) is 14.3. The van der Waals surface area contributed by atoms with Crippen LogP contribution in [0.25, 0.3) is 0 Å². The van der Waals surface area contributed by atoms with Gasteiger partial charge in [-0.3, -0.25) is 0 Å². The molecule has 2 rings (SSSR count). The van der Waals surface area contributed by atoms with E-state index < -0.39 is 22.7 Å². The van der Waals surface area contributed by atoms with Crippen LogP contribution in [0.3, 0.4) is 0 Å². The minimum absolute atomic E-state index is 0.0486. The summed E-state index contributed by atoms with van der Waals surface area (Å²) < 4.78 is 112. The molecule has 0 unspecified atom stereocenters. The van der Waals surface area contributed by atoms with Crippen LogP contribution in [0.4, 0.5) is 35.1 Å². The maximum atomic E-state index is 14.3. The van der Waals surface area contributed by atoms with Gasteiger partial charge in [-0.15, -0.1) is 11.8 Å². The highest BCUT2D eigenvalue weighted by Crippen LogP contribution is 2.37. The van der Waals surface area contributed by atoms with Crippen molar-refractivity contribution in [3.8, 4) is 11.5 Å². The second-order valence-corrected chi connectivity index (χ2v) is 12.4. The van der Waals surface area contributed by atoms with E-state index in [0.29, 0.717) is 49.0 Å². The Morgan fingerprint density at radius 3 is 1.60 bits per heavy atom. The average Bonchev–Trinajstić information content (AvgIpc) is 2.83. The first-order valence-corrected chi connectivity index (χ1v) is 15.7. The molecule has 0 atom stereocenters. The lowest BCUT2D eigenvalue weighted by atomic mass is 10.2. The van der Waals surface area contributed by atoms with Gasteiger partial charge in [-0.1, -0.05) is 46.7 Å². The lowest BCUT2D eigenvalue weighted by molar-refractivity contribution is -0.0336. The molecule has 0 bridgehead atoms. The Bertz CT molecular complexity index is 988. The zero-order valence-electron chi connectivity index (χ0n) is 20.9. The SMILES string of the molecule is Fc1cc(Cl)c(CSc2cc(OCCCCCSC(F)(F)F)c(F)cc2Cl)cc1OCCCCCSC(F)(F)F. The van der Waals surface area contributed by atoms with E-state index in [9.17, 15) is 35.1 Å². The fraction of sp³-hybridized carbons (Fsp3) is 0.520. The zero-order valence-corrected chi connectivity index (χ0v) is 24.9. The normalized spacial score (nSPS) is 12.2. The van der Waals surface area contributed by atoms with Crippen molar-refractivity contribution in [2.24, 2.45) is 0 Å². The van der Waals surface area contributed by atoms with Crippen LogP contribution in [0.2, 0.25) is 10.0 Å². The van der Waals surface area contributed by atoms with Crippen molar-refractivity contribution in [1.29, 1.82) is 0 Å². The van der Waals surface area contributed by atoms with Gasteiger partial charge in [-0.2, -0.15) is 26.3 Å².